The zero-order valence-corrected chi connectivity index (χ0v) is 11.7. The second kappa shape index (κ2) is 6.76. The lowest BCUT2D eigenvalue weighted by atomic mass is 9.98. The van der Waals surface area contributed by atoms with E-state index in [9.17, 15) is 13.2 Å². The first kappa shape index (κ1) is 15.6. The van der Waals surface area contributed by atoms with E-state index in [2.05, 4.69) is 5.32 Å². The summed E-state index contributed by atoms with van der Waals surface area (Å²) in [6.07, 6.45) is -1.76. The van der Waals surface area contributed by atoms with Crippen LogP contribution in [0.1, 0.15) is 16.7 Å². The molecule has 4 heteroatoms. The third-order valence-corrected chi connectivity index (χ3v) is 3.28. The van der Waals surface area contributed by atoms with E-state index in [4.69, 9.17) is 0 Å². The van der Waals surface area contributed by atoms with E-state index < -0.39 is 11.7 Å². The smallest absolute Gasteiger partial charge is 0.316 e. The van der Waals surface area contributed by atoms with Gasteiger partial charge in [0.15, 0.2) is 0 Å². The highest BCUT2D eigenvalue weighted by Crippen LogP contribution is 2.30. The first-order valence-electron chi connectivity index (χ1n) is 6.72. The van der Waals surface area contributed by atoms with Crippen molar-refractivity contribution in [3.8, 4) is 0 Å². The molecule has 21 heavy (non-hydrogen) atoms. The summed E-state index contributed by atoms with van der Waals surface area (Å²) >= 11 is 0. The van der Waals surface area contributed by atoms with Gasteiger partial charge in [-0.15, -0.1) is 0 Å². The summed E-state index contributed by atoms with van der Waals surface area (Å²) < 4.78 is 38.1. The molecule has 0 aliphatic heterocycles. The van der Waals surface area contributed by atoms with E-state index in [0.717, 1.165) is 18.1 Å². The van der Waals surface area contributed by atoms with Gasteiger partial charge >= 0.3 is 6.18 Å². The molecular weight excluding hydrogens is 275 g/mol. The Labute approximate surface area is 122 Å². The monoisotopic (exact) mass is 292 g/mol. The fraction of sp³-hybridized carbons (Fsp3) is 0.235. The van der Waals surface area contributed by atoms with Crippen LogP contribution < -0.4 is 5.32 Å². The van der Waals surface area contributed by atoms with Crippen LogP contribution in [0.3, 0.4) is 0 Å². The second-order valence-corrected chi connectivity index (χ2v) is 4.87. The van der Waals surface area contributed by atoms with Crippen molar-refractivity contribution in [3.05, 3.63) is 77.7 Å². The lowest BCUT2D eigenvalue weighted by Gasteiger charge is -2.17. The second-order valence-electron chi connectivity index (χ2n) is 4.87. The van der Waals surface area contributed by atoms with E-state index in [-0.39, 0.29) is 6.04 Å². The number of benzene rings is 2. The van der Waals surface area contributed by atoms with Crippen LogP contribution in [0.25, 0.3) is 0 Å². The molecule has 0 amide bonds. The van der Waals surface area contributed by atoms with Crippen molar-refractivity contribution < 1.29 is 13.2 Å². The minimum atomic E-state index is -4.31. The summed E-state index contributed by atoms with van der Waals surface area (Å²) in [7, 11) is 1.80. The summed E-state index contributed by atoms with van der Waals surface area (Å²) in [6, 6.07) is 15.2. The Morgan fingerprint density at radius 1 is 1.05 bits per heavy atom. The summed E-state index contributed by atoms with van der Waals surface area (Å²) in [6.45, 7) is 0. The number of alkyl halides is 3. The number of likely N-dealkylation sites (N-methyl/N-ethyl adjacent to an activating group) is 1. The molecule has 1 radical (unpaired) electrons. The van der Waals surface area contributed by atoms with E-state index in [1.165, 1.54) is 12.1 Å². The van der Waals surface area contributed by atoms with Crippen LogP contribution in [0, 0.1) is 6.42 Å². The SMILES string of the molecule is CNC([CH]c1cccc(C(F)(F)F)c1)Cc1ccccc1. The number of hydrogen-bond acceptors (Lipinski definition) is 1. The molecule has 0 fully saturated rings. The first-order chi connectivity index (χ1) is 9.99. The van der Waals surface area contributed by atoms with E-state index in [1.54, 1.807) is 13.1 Å². The maximum atomic E-state index is 12.7. The molecule has 1 N–H and O–H groups in total. The summed E-state index contributed by atoms with van der Waals surface area (Å²) in [5, 5.41) is 3.12. The standard InChI is InChI=1S/C17H17F3N/c1-21-16(11-13-6-3-2-4-7-13)12-14-8-5-9-15(10-14)17(18,19)20/h2-10,12,16,21H,11H2,1H3. The van der Waals surface area contributed by atoms with Crippen LogP contribution in [0.2, 0.25) is 0 Å². The molecule has 1 atom stereocenters. The van der Waals surface area contributed by atoms with Gasteiger partial charge in [0.1, 0.15) is 0 Å². The Morgan fingerprint density at radius 3 is 2.38 bits per heavy atom. The van der Waals surface area contributed by atoms with Gasteiger partial charge in [-0.25, -0.2) is 0 Å². The molecule has 0 aliphatic rings. The van der Waals surface area contributed by atoms with Gasteiger partial charge in [-0.2, -0.15) is 13.2 Å². The quantitative estimate of drug-likeness (QED) is 0.875. The average molecular weight is 292 g/mol. The van der Waals surface area contributed by atoms with Crippen LogP contribution in [-0.4, -0.2) is 13.1 Å². The van der Waals surface area contributed by atoms with Crippen molar-refractivity contribution in [1.29, 1.82) is 0 Å². The molecule has 1 unspecified atom stereocenters. The predicted octanol–water partition coefficient (Wildman–Crippen LogP) is 4.09. The third kappa shape index (κ3) is 4.60. The Morgan fingerprint density at radius 2 is 1.76 bits per heavy atom. The maximum absolute atomic E-state index is 12.7. The normalized spacial score (nSPS) is 13.1. The van der Waals surface area contributed by atoms with Crippen molar-refractivity contribution in [2.24, 2.45) is 0 Å². The molecule has 2 aromatic rings. The third-order valence-electron chi connectivity index (χ3n) is 3.28. The lowest BCUT2D eigenvalue weighted by Crippen LogP contribution is -2.28. The van der Waals surface area contributed by atoms with Crippen molar-refractivity contribution >= 4 is 0 Å². The molecule has 0 aliphatic carbocycles. The summed E-state index contributed by atoms with van der Waals surface area (Å²) in [5.41, 5.74) is 1.09. The summed E-state index contributed by atoms with van der Waals surface area (Å²) in [5.74, 6) is 0. The van der Waals surface area contributed by atoms with E-state index >= 15 is 0 Å². The topological polar surface area (TPSA) is 12.0 Å². The molecule has 0 saturated heterocycles. The number of halogens is 3. The number of hydrogen-bond donors (Lipinski definition) is 1. The van der Waals surface area contributed by atoms with Gasteiger partial charge in [-0.05, 0) is 30.7 Å². The van der Waals surface area contributed by atoms with Gasteiger partial charge in [-0.1, -0.05) is 48.5 Å². The zero-order chi connectivity index (χ0) is 15.3. The average Bonchev–Trinajstić information content (AvgIpc) is 2.47. The van der Waals surface area contributed by atoms with Gasteiger partial charge in [0, 0.05) is 12.5 Å². The largest absolute Gasteiger partial charge is 0.416 e. The molecule has 0 saturated carbocycles. The molecule has 0 spiro atoms. The molecule has 0 aromatic heterocycles. The van der Waals surface area contributed by atoms with Gasteiger partial charge in [0.05, 0.1) is 5.56 Å². The van der Waals surface area contributed by atoms with Crippen LogP contribution in [0.5, 0.6) is 0 Å². The Hall–Kier alpha value is -1.81. The highest BCUT2D eigenvalue weighted by Gasteiger charge is 2.30. The molecule has 2 aromatic carbocycles. The van der Waals surface area contributed by atoms with Crippen molar-refractivity contribution in [3.63, 3.8) is 0 Å². The van der Waals surface area contributed by atoms with E-state index in [0.29, 0.717) is 5.56 Å². The van der Waals surface area contributed by atoms with Crippen LogP contribution in [0.4, 0.5) is 13.2 Å². The fourth-order valence-electron chi connectivity index (χ4n) is 2.16. The molecule has 111 valence electrons. The van der Waals surface area contributed by atoms with Gasteiger partial charge in [0.25, 0.3) is 0 Å². The van der Waals surface area contributed by atoms with Crippen molar-refractivity contribution in [1.82, 2.24) is 5.32 Å². The Bertz CT molecular complexity index is 564. The van der Waals surface area contributed by atoms with E-state index in [1.807, 2.05) is 36.8 Å². The van der Waals surface area contributed by atoms with Crippen LogP contribution in [-0.2, 0) is 12.6 Å². The Kier molecular flexibility index (Phi) is 5.02. The minimum Gasteiger partial charge on any atom is -0.316 e. The highest BCUT2D eigenvalue weighted by atomic mass is 19.4. The molecular formula is C17H17F3N. The Balaban J connectivity index is 2.08. The maximum Gasteiger partial charge on any atom is 0.416 e. The highest BCUT2D eigenvalue weighted by molar-refractivity contribution is 5.32. The molecule has 0 bridgehead atoms. The fourth-order valence-corrected chi connectivity index (χ4v) is 2.16. The van der Waals surface area contributed by atoms with Gasteiger partial charge in [0.2, 0.25) is 0 Å². The zero-order valence-electron chi connectivity index (χ0n) is 11.7. The number of nitrogens with one attached hydrogen (secondary N) is 1. The first-order valence-corrected chi connectivity index (χ1v) is 6.72. The van der Waals surface area contributed by atoms with Crippen LogP contribution >= 0.6 is 0 Å². The van der Waals surface area contributed by atoms with Crippen molar-refractivity contribution in [2.75, 3.05) is 7.05 Å². The predicted molar refractivity (Wildman–Crippen MR) is 77.8 cm³/mol. The lowest BCUT2D eigenvalue weighted by molar-refractivity contribution is -0.137. The van der Waals surface area contributed by atoms with Crippen LogP contribution in [0.15, 0.2) is 54.6 Å². The molecule has 2 rings (SSSR count). The van der Waals surface area contributed by atoms with Gasteiger partial charge in [-0.3, -0.25) is 0 Å². The molecule has 0 heterocycles. The van der Waals surface area contributed by atoms with Gasteiger partial charge < -0.3 is 5.32 Å². The minimum absolute atomic E-state index is 0.0177. The molecule has 1 nitrogen and oxygen atoms in total. The summed E-state index contributed by atoms with van der Waals surface area (Å²) in [4.78, 5) is 0. The van der Waals surface area contributed by atoms with Crippen molar-refractivity contribution in [2.45, 2.75) is 18.6 Å². The number of rotatable bonds is 5.